The standard InChI is InChI=1S/C11H16ClN2O4P/c1-13(8-19(2,17)18)7-11(15)14(16)10-6-4-3-5-9(10)12/h3-6,16H,7-8H2,1-2H3,(H,17,18). The molecule has 8 heteroatoms. The van der Waals surface area contributed by atoms with E-state index in [4.69, 9.17) is 11.6 Å². The zero-order valence-electron chi connectivity index (χ0n) is 10.7. The quantitative estimate of drug-likeness (QED) is 0.493. The van der Waals surface area contributed by atoms with Crippen LogP contribution in [0.4, 0.5) is 5.69 Å². The van der Waals surface area contributed by atoms with E-state index in [0.717, 1.165) is 0 Å². The molecule has 19 heavy (non-hydrogen) atoms. The van der Waals surface area contributed by atoms with E-state index in [-0.39, 0.29) is 23.5 Å². The van der Waals surface area contributed by atoms with Gasteiger partial charge in [-0.05, 0) is 19.2 Å². The van der Waals surface area contributed by atoms with Gasteiger partial charge in [-0.25, -0.2) is 0 Å². The van der Waals surface area contributed by atoms with Gasteiger partial charge >= 0.3 is 0 Å². The van der Waals surface area contributed by atoms with E-state index in [1.54, 1.807) is 18.2 Å². The fourth-order valence-electron chi connectivity index (χ4n) is 1.55. The average Bonchev–Trinajstić information content (AvgIpc) is 2.26. The Morgan fingerprint density at radius 3 is 2.53 bits per heavy atom. The summed E-state index contributed by atoms with van der Waals surface area (Å²) >= 11 is 5.85. The molecule has 0 radical (unpaired) electrons. The molecule has 0 aromatic heterocycles. The van der Waals surface area contributed by atoms with Crippen LogP contribution < -0.4 is 5.06 Å². The predicted octanol–water partition coefficient (Wildman–Crippen LogP) is 1.85. The van der Waals surface area contributed by atoms with Gasteiger partial charge in [-0.1, -0.05) is 23.7 Å². The number of hydrogen-bond donors (Lipinski definition) is 2. The zero-order valence-corrected chi connectivity index (χ0v) is 12.3. The van der Waals surface area contributed by atoms with Crippen LogP contribution >= 0.6 is 19.0 Å². The molecule has 2 N–H and O–H groups in total. The molecule has 0 bridgehead atoms. The number of carbonyl (C=O) groups is 1. The number of amides is 1. The van der Waals surface area contributed by atoms with Crippen molar-refractivity contribution in [3.05, 3.63) is 29.3 Å². The molecule has 0 aliphatic heterocycles. The van der Waals surface area contributed by atoms with Crippen molar-refractivity contribution in [2.24, 2.45) is 0 Å². The third-order valence-electron chi connectivity index (χ3n) is 2.23. The van der Waals surface area contributed by atoms with Crippen LogP contribution in [0.5, 0.6) is 0 Å². The molecule has 0 fully saturated rings. The molecule has 0 heterocycles. The summed E-state index contributed by atoms with van der Waals surface area (Å²) in [4.78, 5) is 22.4. The van der Waals surface area contributed by atoms with Gasteiger partial charge < -0.3 is 4.89 Å². The molecule has 1 rings (SSSR count). The Hall–Kier alpha value is -0.910. The molecular weight excluding hydrogens is 291 g/mol. The smallest absolute Gasteiger partial charge is 0.264 e. The fraction of sp³-hybridized carbons (Fsp3) is 0.364. The van der Waals surface area contributed by atoms with E-state index in [2.05, 4.69) is 0 Å². The highest BCUT2D eigenvalue weighted by atomic mass is 35.5. The van der Waals surface area contributed by atoms with Crippen molar-refractivity contribution >= 4 is 30.6 Å². The van der Waals surface area contributed by atoms with Gasteiger partial charge in [0.2, 0.25) is 7.37 Å². The van der Waals surface area contributed by atoms with E-state index >= 15 is 0 Å². The molecular formula is C11H16ClN2O4P. The molecule has 6 nitrogen and oxygen atoms in total. The second-order valence-electron chi connectivity index (χ2n) is 4.36. The Labute approximate surface area is 116 Å². The molecule has 0 aliphatic rings. The second-order valence-corrected chi connectivity index (χ2v) is 7.16. The van der Waals surface area contributed by atoms with Crippen molar-refractivity contribution in [3.63, 3.8) is 0 Å². The Kier molecular flexibility index (Phi) is 5.52. The number of nitrogens with zero attached hydrogens (tertiary/aromatic N) is 2. The molecule has 1 amide bonds. The fourth-order valence-corrected chi connectivity index (χ4v) is 2.77. The number of halogens is 1. The minimum absolute atomic E-state index is 0.130. The molecule has 0 saturated carbocycles. The van der Waals surface area contributed by atoms with Gasteiger partial charge in [-0.15, -0.1) is 0 Å². The Bertz CT molecular complexity index is 505. The summed E-state index contributed by atoms with van der Waals surface area (Å²) in [5.41, 5.74) is 0.172. The second kappa shape index (κ2) is 6.50. The van der Waals surface area contributed by atoms with Crippen LogP contribution in [0.2, 0.25) is 5.02 Å². The van der Waals surface area contributed by atoms with Crippen LogP contribution in [0.15, 0.2) is 24.3 Å². The maximum atomic E-state index is 11.8. The lowest BCUT2D eigenvalue weighted by molar-refractivity contribution is -0.124. The monoisotopic (exact) mass is 306 g/mol. The number of rotatable bonds is 5. The van der Waals surface area contributed by atoms with Gasteiger partial charge in [0.1, 0.15) is 0 Å². The van der Waals surface area contributed by atoms with Crippen LogP contribution in [0.1, 0.15) is 0 Å². The number of anilines is 1. The first-order valence-corrected chi connectivity index (χ1v) is 8.12. The summed E-state index contributed by atoms with van der Waals surface area (Å²) in [6, 6.07) is 6.35. The van der Waals surface area contributed by atoms with E-state index in [9.17, 15) is 19.5 Å². The highest BCUT2D eigenvalue weighted by Crippen LogP contribution is 2.35. The van der Waals surface area contributed by atoms with Crippen LogP contribution in [0, 0.1) is 0 Å². The summed E-state index contributed by atoms with van der Waals surface area (Å²) in [6.45, 7) is 1.01. The summed E-state index contributed by atoms with van der Waals surface area (Å²) in [7, 11) is -1.72. The van der Waals surface area contributed by atoms with Gasteiger partial charge in [0.05, 0.1) is 23.5 Å². The molecule has 1 aromatic rings. The normalized spacial score (nSPS) is 14.2. The van der Waals surface area contributed by atoms with E-state index < -0.39 is 13.3 Å². The zero-order chi connectivity index (χ0) is 14.6. The first kappa shape index (κ1) is 16.1. The van der Waals surface area contributed by atoms with Crippen LogP contribution in [0.3, 0.4) is 0 Å². The Morgan fingerprint density at radius 2 is 2.00 bits per heavy atom. The van der Waals surface area contributed by atoms with Gasteiger partial charge in [-0.2, -0.15) is 5.06 Å². The summed E-state index contributed by atoms with van der Waals surface area (Å²) < 4.78 is 11.2. The number of likely N-dealkylation sites (N-methyl/N-ethyl adjacent to an activating group) is 1. The van der Waals surface area contributed by atoms with Gasteiger partial charge in [0, 0.05) is 6.66 Å². The minimum atomic E-state index is -3.24. The van der Waals surface area contributed by atoms with Crippen molar-refractivity contribution in [2.75, 3.05) is 31.6 Å². The number of carbonyl (C=O) groups excluding carboxylic acids is 1. The molecule has 1 unspecified atom stereocenters. The lowest BCUT2D eigenvalue weighted by Crippen LogP contribution is -2.37. The average molecular weight is 307 g/mol. The van der Waals surface area contributed by atoms with Gasteiger partial charge in [0.25, 0.3) is 5.91 Å². The van der Waals surface area contributed by atoms with Gasteiger partial charge in [-0.3, -0.25) is 19.5 Å². The molecule has 1 atom stereocenters. The summed E-state index contributed by atoms with van der Waals surface area (Å²) in [6.07, 6.45) is -0.130. The number of benzene rings is 1. The highest BCUT2D eigenvalue weighted by Gasteiger charge is 2.20. The highest BCUT2D eigenvalue weighted by molar-refractivity contribution is 7.57. The number of hydroxylamine groups is 1. The minimum Gasteiger partial charge on any atom is -0.344 e. The van der Waals surface area contributed by atoms with Gasteiger partial charge in [0.15, 0.2) is 0 Å². The van der Waals surface area contributed by atoms with Crippen molar-refractivity contribution in [2.45, 2.75) is 0 Å². The van der Waals surface area contributed by atoms with Crippen molar-refractivity contribution in [3.8, 4) is 0 Å². The molecule has 1 aromatic carbocycles. The number of hydrogen-bond acceptors (Lipinski definition) is 4. The first-order chi connectivity index (χ1) is 8.70. The predicted molar refractivity (Wildman–Crippen MR) is 74.0 cm³/mol. The van der Waals surface area contributed by atoms with Crippen molar-refractivity contribution in [1.82, 2.24) is 4.90 Å². The van der Waals surface area contributed by atoms with Crippen LogP contribution in [0.25, 0.3) is 0 Å². The third-order valence-corrected chi connectivity index (χ3v) is 3.55. The van der Waals surface area contributed by atoms with Crippen molar-refractivity contribution < 1.29 is 19.5 Å². The van der Waals surface area contributed by atoms with E-state index in [1.807, 2.05) is 0 Å². The molecule has 0 aliphatic carbocycles. The Morgan fingerprint density at radius 1 is 1.42 bits per heavy atom. The molecule has 106 valence electrons. The van der Waals surface area contributed by atoms with Crippen LogP contribution in [-0.4, -0.2) is 47.5 Å². The van der Waals surface area contributed by atoms with Crippen LogP contribution in [-0.2, 0) is 9.36 Å². The topological polar surface area (TPSA) is 81.1 Å². The number of para-hydroxylation sites is 1. The van der Waals surface area contributed by atoms with E-state index in [1.165, 1.54) is 24.7 Å². The van der Waals surface area contributed by atoms with Crippen molar-refractivity contribution in [1.29, 1.82) is 0 Å². The SMILES string of the molecule is CN(CC(=O)N(O)c1ccccc1Cl)CP(C)(=O)O. The lowest BCUT2D eigenvalue weighted by Gasteiger charge is -2.21. The largest absolute Gasteiger partial charge is 0.344 e. The first-order valence-electron chi connectivity index (χ1n) is 5.45. The lowest BCUT2D eigenvalue weighted by atomic mass is 10.3. The Balaban J connectivity index is 2.69. The summed E-state index contributed by atoms with van der Waals surface area (Å²) in [5.74, 6) is -0.635. The maximum absolute atomic E-state index is 11.8. The maximum Gasteiger partial charge on any atom is 0.264 e. The third kappa shape index (κ3) is 5.30. The molecule has 0 saturated heterocycles. The van der Waals surface area contributed by atoms with E-state index in [0.29, 0.717) is 5.06 Å². The molecule has 0 spiro atoms. The summed E-state index contributed by atoms with van der Waals surface area (Å²) in [5, 5.41) is 10.4.